The van der Waals surface area contributed by atoms with Crippen LogP contribution >= 0.6 is 46.4 Å². The van der Waals surface area contributed by atoms with Crippen LogP contribution in [-0.4, -0.2) is 3.21 Å². The van der Waals surface area contributed by atoms with E-state index >= 15 is 0 Å². The van der Waals surface area contributed by atoms with Crippen LogP contribution in [0.2, 0.25) is 0 Å². The van der Waals surface area contributed by atoms with E-state index in [0.29, 0.717) is 23.5 Å². The van der Waals surface area contributed by atoms with Gasteiger partial charge >= 0.3 is 167 Å². The van der Waals surface area contributed by atoms with Crippen molar-refractivity contribution < 1.29 is 24.2 Å². The molecular formula is C43H44Cl4Zr. The molecule has 0 nitrogen and oxygen atoms in total. The predicted octanol–water partition coefficient (Wildman–Crippen LogP) is 12.7. The normalized spacial score (nSPS) is 12.9. The molecule has 248 valence electrons. The second-order valence-electron chi connectivity index (χ2n) is 14.3. The summed E-state index contributed by atoms with van der Waals surface area (Å²) in [4.78, 5) is 0. The minimum atomic E-state index is 0.177. The van der Waals surface area contributed by atoms with Crippen molar-refractivity contribution in [3.8, 4) is 11.1 Å². The fourth-order valence-corrected chi connectivity index (χ4v) is 6.94. The van der Waals surface area contributed by atoms with E-state index in [1.165, 1.54) is 71.9 Å². The third-order valence-corrected chi connectivity index (χ3v) is 11.1. The van der Waals surface area contributed by atoms with Crippen LogP contribution in [0.15, 0.2) is 85.0 Å². The summed E-state index contributed by atoms with van der Waals surface area (Å²) >= 11 is 25.3. The third-order valence-electron chi connectivity index (χ3n) is 8.41. The Morgan fingerprint density at radius 2 is 1.17 bits per heavy atom. The number of hydrogen-bond acceptors (Lipinski definition) is 0. The van der Waals surface area contributed by atoms with Gasteiger partial charge in [-0.1, -0.05) is 76.3 Å². The number of hydrogen-bond donors (Lipinski definition) is 0. The molecule has 0 saturated carbocycles. The van der Waals surface area contributed by atoms with Crippen molar-refractivity contribution in [2.75, 3.05) is 0 Å². The van der Waals surface area contributed by atoms with Crippen LogP contribution < -0.4 is 0 Å². The molecule has 48 heavy (non-hydrogen) atoms. The Labute approximate surface area is 323 Å². The molecule has 0 spiro atoms. The Kier molecular flexibility index (Phi) is 14.2. The molecule has 0 N–H and O–H groups in total. The van der Waals surface area contributed by atoms with Crippen LogP contribution in [0.1, 0.15) is 104 Å². The maximum atomic E-state index is 5.99. The summed E-state index contributed by atoms with van der Waals surface area (Å²) in [6.45, 7) is 13.6. The average Bonchev–Trinajstić information content (AvgIpc) is 3.78. The number of rotatable bonds is 6. The van der Waals surface area contributed by atoms with Gasteiger partial charge in [0.25, 0.3) is 0 Å². The van der Waals surface area contributed by atoms with Crippen molar-refractivity contribution in [1.29, 1.82) is 0 Å². The van der Waals surface area contributed by atoms with Gasteiger partial charge in [-0.2, -0.15) is 35.4 Å². The van der Waals surface area contributed by atoms with Gasteiger partial charge in [0.05, 0.1) is 0 Å². The SMILES string of the molecule is CC(C)(C)c1c[c-]c2c(c1)-c1cc(C(C)(C)C)ccc1C2.ClCc1cc(CCl)cc([C](=[Zr+2])c2cc(CCl)cc(CCl)c2)c1.[C-]1=CC=CC1. The largest absolute Gasteiger partial charge is 0.273 e. The Hall–Kier alpha value is -1.73. The van der Waals surface area contributed by atoms with Crippen molar-refractivity contribution >= 4 is 49.6 Å². The molecule has 5 heteroatoms. The summed E-state index contributed by atoms with van der Waals surface area (Å²) in [6, 6.07) is 27.7. The molecule has 6 rings (SSSR count). The fraction of sp³-hybridized carbons (Fsp3) is 0.326. The van der Waals surface area contributed by atoms with Crippen LogP contribution in [0.5, 0.6) is 0 Å². The molecule has 2 aliphatic carbocycles. The standard InChI is InChI=1S/C21H25.C17H14Cl4.C5H5.Zr/c1-20(2,3)16-9-7-14-11-15-8-10-17(21(4,5)6)13-19(15)18(14)12-16;18-8-14-2-12(3-15(6-14)9-19)1-13-4-16(10-20)7-17(5-13)11-21;1-2-4-5-3-1;/h7,9-10,12-13H,11H2,1-6H3;2-7H,8-11H2;1-3H,4H2;/q-1;;-1;+2. The molecule has 0 bridgehead atoms. The summed E-state index contributed by atoms with van der Waals surface area (Å²) in [6.07, 6.45) is 11.0. The van der Waals surface area contributed by atoms with E-state index in [4.69, 9.17) is 46.4 Å². The summed E-state index contributed by atoms with van der Waals surface area (Å²) in [5, 5.41) is 0. The van der Waals surface area contributed by atoms with E-state index in [1.807, 2.05) is 24.3 Å². The van der Waals surface area contributed by atoms with E-state index in [2.05, 4.69) is 114 Å². The topological polar surface area (TPSA) is 0 Å². The van der Waals surface area contributed by atoms with E-state index in [0.717, 1.165) is 35.1 Å². The van der Waals surface area contributed by atoms with Gasteiger partial charge in [0.2, 0.25) is 0 Å². The second-order valence-corrected chi connectivity index (χ2v) is 16.6. The van der Waals surface area contributed by atoms with Gasteiger partial charge in [-0.15, -0.1) is 12.0 Å². The van der Waals surface area contributed by atoms with Crippen LogP contribution in [0.25, 0.3) is 11.1 Å². The Morgan fingerprint density at radius 3 is 1.56 bits per heavy atom. The van der Waals surface area contributed by atoms with E-state index in [1.54, 1.807) is 0 Å². The number of fused-ring (bicyclic) bond motifs is 3. The Bertz CT molecular complexity index is 1630. The quantitative estimate of drug-likeness (QED) is 0.119. The number of alkyl halides is 4. The zero-order valence-corrected chi connectivity index (χ0v) is 34.3. The van der Waals surface area contributed by atoms with Crippen molar-refractivity contribution in [3.05, 3.63) is 153 Å². The van der Waals surface area contributed by atoms with Crippen LogP contribution in [0, 0.1) is 12.1 Å². The monoisotopic (exact) mass is 790 g/mol. The summed E-state index contributed by atoms with van der Waals surface area (Å²) in [5.74, 6) is 1.93. The third kappa shape index (κ3) is 10.4. The molecule has 0 saturated heterocycles. The first-order valence-corrected chi connectivity index (χ1v) is 19.6. The molecule has 0 amide bonds. The maximum absolute atomic E-state index is 5.99. The average molecular weight is 794 g/mol. The first-order chi connectivity index (χ1) is 22.8. The van der Waals surface area contributed by atoms with Gasteiger partial charge in [0.1, 0.15) is 0 Å². The Morgan fingerprint density at radius 1 is 0.667 bits per heavy atom. The van der Waals surface area contributed by atoms with Gasteiger partial charge in [-0.05, 0) is 17.4 Å². The molecular weight excluding hydrogens is 750 g/mol. The number of benzene rings is 4. The molecule has 0 fully saturated rings. The predicted molar refractivity (Wildman–Crippen MR) is 207 cm³/mol. The molecule has 0 unspecified atom stereocenters. The second kappa shape index (κ2) is 17.5. The van der Waals surface area contributed by atoms with Gasteiger partial charge in [0.15, 0.2) is 0 Å². The summed E-state index contributed by atoms with van der Waals surface area (Å²) < 4.78 is 1.25. The van der Waals surface area contributed by atoms with E-state index in [-0.39, 0.29) is 10.8 Å². The van der Waals surface area contributed by atoms with Crippen molar-refractivity contribution in [2.24, 2.45) is 0 Å². The molecule has 0 radical (unpaired) electrons. The first kappa shape index (κ1) is 39.1. The van der Waals surface area contributed by atoms with E-state index in [9.17, 15) is 0 Å². The molecule has 0 atom stereocenters. The Balaban J connectivity index is 0.000000189. The van der Waals surface area contributed by atoms with Gasteiger partial charge in [-0.3, -0.25) is 6.08 Å². The first-order valence-electron chi connectivity index (χ1n) is 16.3. The molecule has 4 aromatic carbocycles. The minimum Gasteiger partial charge on any atom is -0.273 e. The molecule has 0 aromatic heterocycles. The molecule has 0 aliphatic heterocycles. The van der Waals surface area contributed by atoms with Crippen molar-refractivity contribution in [2.45, 2.75) is 88.7 Å². The van der Waals surface area contributed by atoms with Crippen LogP contribution in [0.4, 0.5) is 0 Å². The van der Waals surface area contributed by atoms with Gasteiger partial charge in [0, 0.05) is 0 Å². The maximum Gasteiger partial charge on any atom is -0.109 e. The molecule has 2 aliphatic rings. The molecule has 4 aromatic rings. The zero-order chi connectivity index (χ0) is 35.1. The number of allylic oxidation sites excluding steroid dienone is 4. The van der Waals surface area contributed by atoms with Gasteiger partial charge < -0.3 is 0 Å². The summed E-state index contributed by atoms with van der Waals surface area (Å²) in [5.41, 5.74) is 15.4. The van der Waals surface area contributed by atoms with Crippen molar-refractivity contribution in [3.63, 3.8) is 0 Å². The zero-order valence-electron chi connectivity index (χ0n) is 28.8. The molecule has 0 heterocycles. The number of halogens is 4. The van der Waals surface area contributed by atoms with Gasteiger partial charge in [-0.25, -0.2) is 12.2 Å². The summed E-state index contributed by atoms with van der Waals surface area (Å²) in [7, 11) is 0. The fourth-order valence-electron chi connectivity index (χ4n) is 5.61. The minimum absolute atomic E-state index is 0.177. The van der Waals surface area contributed by atoms with Crippen LogP contribution in [0.3, 0.4) is 0 Å². The smallest absolute Gasteiger partial charge is 0.109 e. The van der Waals surface area contributed by atoms with Crippen LogP contribution in [-0.2, 0) is 65.0 Å². The van der Waals surface area contributed by atoms with E-state index < -0.39 is 0 Å². The van der Waals surface area contributed by atoms with Crippen molar-refractivity contribution in [1.82, 2.24) is 0 Å².